The zero-order valence-corrected chi connectivity index (χ0v) is 43.0. The van der Waals surface area contributed by atoms with Crippen molar-refractivity contribution in [3.05, 3.63) is 60.8 Å². The molecule has 0 aromatic heterocycles. The van der Waals surface area contributed by atoms with Crippen molar-refractivity contribution in [3.8, 4) is 0 Å². The summed E-state index contributed by atoms with van der Waals surface area (Å²) in [4.78, 5) is 38.0. The van der Waals surface area contributed by atoms with Crippen molar-refractivity contribution < 1.29 is 28.6 Å². The van der Waals surface area contributed by atoms with Crippen LogP contribution < -0.4 is 0 Å². The van der Waals surface area contributed by atoms with Crippen LogP contribution in [0.3, 0.4) is 0 Å². The predicted molar refractivity (Wildman–Crippen MR) is 279 cm³/mol. The fourth-order valence-electron chi connectivity index (χ4n) is 7.78. The van der Waals surface area contributed by atoms with Crippen LogP contribution in [0.2, 0.25) is 0 Å². The van der Waals surface area contributed by atoms with Crippen LogP contribution in [0.25, 0.3) is 0 Å². The number of unbranched alkanes of at least 4 members (excludes halogenated alkanes) is 29. The lowest BCUT2D eigenvalue weighted by atomic mass is 10.1. The van der Waals surface area contributed by atoms with Crippen molar-refractivity contribution in [2.24, 2.45) is 0 Å². The third-order valence-corrected chi connectivity index (χ3v) is 12.0. The molecule has 376 valence electrons. The quantitative estimate of drug-likeness (QED) is 0.0262. The second kappa shape index (κ2) is 53.7. The third-order valence-electron chi connectivity index (χ3n) is 12.0. The van der Waals surface area contributed by atoms with E-state index in [1.165, 1.54) is 167 Å². The Labute approximate surface area is 402 Å². The summed E-state index contributed by atoms with van der Waals surface area (Å²) >= 11 is 0. The molecule has 1 atom stereocenters. The number of rotatable bonds is 50. The molecule has 6 heteroatoms. The highest BCUT2D eigenvalue weighted by Gasteiger charge is 2.19. The van der Waals surface area contributed by atoms with Gasteiger partial charge in [0.1, 0.15) is 13.2 Å². The summed E-state index contributed by atoms with van der Waals surface area (Å²) in [7, 11) is 0. The lowest BCUT2D eigenvalue weighted by Crippen LogP contribution is -2.30. The SMILES string of the molecule is CCCCC/C=C\C/C=C\CCCCCCCCCCCC(=O)O[C@H](COC(=O)CCC/C=C\C/C=C\C/C=C\CCCCCCCC)COC(=O)CCCCCCCCCCCCC. The molecule has 0 unspecified atom stereocenters. The number of allylic oxidation sites excluding steroid dienone is 10. The van der Waals surface area contributed by atoms with Crippen LogP contribution in [0, 0.1) is 0 Å². The number of carbonyl (C=O) groups excluding carboxylic acids is 3. The Hall–Kier alpha value is -2.89. The van der Waals surface area contributed by atoms with Gasteiger partial charge in [0, 0.05) is 19.3 Å². The van der Waals surface area contributed by atoms with E-state index in [9.17, 15) is 14.4 Å². The molecule has 0 saturated heterocycles. The Morgan fingerprint density at radius 2 is 0.569 bits per heavy atom. The molecule has 0 heterocycles. The average Bonchev–Trinajstić information content (AvgIpc) is 3.30. The first-order chi connectivity index (χ1) is 32.0. The second-order valence-electron chi connectivity index (χ2n) is 18.5. The van der Waals surface area contributed by atoms with Gasteiger partial charge in [0.15, 0.2) is 6.10 Å². The minimum Gasteiger partial charge on any atom is -0.462 e. The van der Waals surface area contributed by atoms with E-state index in [-0.39, 0.29) is 37.5 Å². The Morgan fingerprint density at radius 3 is 0.954 bits per heavy atom. The van der Waals surface area contributed by atoms with Gasteiger partial charge >= 0.3 is 17.9 Å². The Bertz CT molecular complexity index is 1180. The monoisotopic (exact) mass is 909 g/mol. The van der Waals surface area contributed by atoms with Gasteiger partial charge in [0.2, 0.25) is 0 Å². The van der Waals surface area contributed by atoms with Crippen molar-refractivity contribution in [2.45, 2.75) is 284 Å². The highest BCUT2D eigenvalue weighted by atomic mass is 16.6. The minimum absolute atomic E-state index is 0.0894. The van der Waals surface area contributed by atoms with E-state index < -0.39 is 6.10 Å². The molecule has 0 aliphatic carbocycles. The molecular formula is C59H104O6. The summed E-state index contributed by atoms with van der Waals surface area (Å²) in [5.41, 5.74) is 0. The van der Waals surface area contributed by atoms with Crippen LogP contribution in [0.5, 0.6) is 0 Å². The van der Waals surface area contributed by atoms with Crippen LogP contribution >= 0.6 is 0 Å². The fourth-order valence-corrected chi connectivity index (χ4v) is 7.78. The van der Waals surface area contributed by atoms with Crippen molar-refractivity contribution in [1.82, 2.24) is 0 Å². The first-order valence-corrected chi connectivity index (χ1v) is 27.8. The summed E-state index contributed by atoms with van der Waals surface area (Å²) in [6.45, 7) is 6.57. The molecule has 0 aromatic carbocycles. The van der Waals surface area contributed by atoms with Gasteiger partial charge in [-0.2, -0.15) is 0 Å². The molecule has 0 rings (SSSR count). The van der Waals surface area contributed by atoms with E-state index in [1.54, 1.807) is 0 Å². The molecule has 65 heavy (non-hydrogen) atoms. The zero-order chi connectivity index (χ0) is 47.2. The highest BCUT2D eigenvalue weighted by Crippen LogP contribution is 2.15. The van der Waals surface area contributed by atoms with Crippen LogP contribution in [-0.4, -0.2) is 37.2 Å². The normalized spacial score (nSPS) is 12.5. The Balaban J connectivity index is 4.41. The van der Waals surface area contributed by atoms with Gasteiger partial charge in [0.05, 0.1) is 0 Å². The molecule has 0 bridgehead atoms. The number of esters is 3. The lowest BCUT2D eigenvalue weighted by molar-refractivity contribution is -0.167. The first kappa shape index (κ1) is 62.1. The predicted octanol–water partition coefficient (Wildman–Crippen LogP) is 18.4. The minimum atomic E-state index is -0.794. The molecule has 0 amide bonds. The van der Waals surface area contributed by atoms with Crippen LogP contribution in [0.1, 0.15) is 278 Å². The van der Waals surface area contributed by atoms with Gasteiger partial charge in [-0.1, -0.05) is 236 Å². The molecule has 0 radical (unpaired) electrons. The maximum absolute atomic E-state index is 12.8. The molecular weight excluding hydrogens is 805 g/mol. The maximum atomic E-state index is 12.8. The summed E-state index contributed by atoms with van der Waals surface area (Å²) in [6, 6.07) is 0. The maximum Gasteiger partial charge on any atom is 0.306 e. The standard InChI is InChI=1S/C59H104O6/c1-4-7-10-13-16-19-22-24-26-28-29-31-33-35-38-41-44-47-50-53-59(62)65-56(54-63-57(60)51-48-45-42-39-36-21-18-15-12-9-6-3)55-64-58(61)52-49-46-43-40-37-34-32-30-27-25-23-20-17-14-11-8-5-2/h16,19,24-27,32,34,40,43,56H,4-15,17-18,20-23,28-31,33,35-39,41-42,44-55H2,1-3H3/b19-16-,26-24-,27-25-,34-32-,43-40-/t56-/m0/s1. The van der Waals surface area contributed by atoms with E-state index in [0.717, 1.165) is 64.2 Å². The van der Waals surface area contributed by atoms with Crippen molar-refractivity contribution in [2.75, 3.05) is 13.2 Å². The molecule has 6 nitrogen and oxygen atoms in total. The summed E-state index contributed by atoms with van der Waals surface area (Å²) in [5, 5.41) is 0. The van der Waals surface area contributed by atoms with Gasteiger partial charge in [0.25, 0.3) is 0 Å². The fraction of sp³-hybridized carbons (Fsp3) is 0.780. The Kier molecular flexibility index (Phi) is 51.3. The molecule has 0 aliphatic rings. The summed E-state index contributed by atoms with van der Waals surface area (Å²) < 4.78 is 16.8. The van der Waals surface area contributed by atoms with Gasteiger partial charge in [-0.05, 0) is 83.5 Å². The molecule has 0 aromatic rings. The van der Waals surface area contributed by atoms with Gasteiger partial charge in [-0.25, -0.2) is 0 Å². The molecule has 0 saturated carbocycles. The first-order valence-electron chi connectivity index (χ1n) is 27.8. The molecule has 0 spiro atoms. The topological polar surface area (TPSA) is 78.9 Å². The van der Waals surface area contributed by atoms with E-state index in [2.05, 4.69) is 81.5 Å². The Morgan fingerprint density at radius 1 is 0.308 bits per heavy atom. The lowest BCUT2D eigenvalue weighted by Gasteiger charge is -2.18. The third kappa shape index (κ3) is 51.9. The largest absolute Gasteiger partial charge is 0.462 e. The number of hydrogen-bond acceptors (Lipinski definition) is 6. The van der Waals surface area contributed by atoms with Crippen LogP contribution in [-0.2, 0) is 28.6 Å². The number of ether oxygens (including phenoxy) is 3. The van der Waals surface area contributed by atoms with E-state index >= 15 is 0 Å². The average molecular weight is 909 g/mol. The number of hydrogen-bond donors (Lipinski definition) is 0. The summed E-state index contributed by atoms with van der Waals surface area (Å²) in [5.74, 6) is -0.941. The van der Waals surface area contributed by atoms with Gasteiger partial charge in [-0.15, -0.1) is 0 Å². The van der Waals surface area contributed by atoms with Crippen LogP contribution in [0.15, 0.2) is 60.8 Å². The summed E-state index contributed by atoms with van der Waals surface area (Å²) in [6.07, 6.45) is 66.4. The van der Waals surface area contributed by atoms with Crippen molar-refractivity contribution >= 4 is 17.9 Å². The smallest absolute Gasteiger partial charge is 0.306 e. The van der Waals surface area contributed by atoms with Gasteiger partial charge in [-0.3, -0.25) is 14.4 Å². The van der Waals surface area contributed by atoms with Gasteiger partial charge < -0.3 is 14.2 Å². The molecule has 0 N–H and O–H groups in total. The molecule has 0 fully saturated rings. The van der Waals surface area contributed by atoms with E-state index in [4.69, 9.17) is 14.2 Å². The molecule has 0 aliphatic heterocycles. The van der Waals surface area contributed by atoms with E-state index in [0.29, 0.717) is 19.3 Å². The second-order valence-corrected chi connectivity index (χ2v) is 18.5. The van der Waals surface area contributed by atoms with E-state index in [1.807, 2.05) is 0 Å². The van der Waals surface area contributed by atoms with Crippen molar-refractivity contribution in [1.29, 1.82) is 0 Å². The van der Waals surface area contributed by atoms with Crippen molar-refractivity contribution in [3.63, 3.8) is 0 Å². The number of carbonyl (C=O) groups is 3. The zero-order valence-electron chi connectivity index (χ0n) is 43.0. The highest BCUT2D eigenvalue weighted by molar-refractivity contribution is 5.71. The van der Waals surface area contributed by atoms with Crippen LogP contribution in [0.4, 0.5) is 0 Å².